The summed E-state index contributed by atoms with van der Waals surface area (Å²) in [5, 5.41) is 7.92. The SMILES string of the molecule is CC(C)N1CCOC(C(N)c2c(Br)nnn2C)C1. The van der Waals surface area contributed by atoms with Crippen molar-refractivity contribution in [3.05, 3.63) is 10.3 Å². The lowest BCUT2D eigenvalue weighted by atomic mass is 10.1. The number of hydrogen-bond donors (Lipinski definition) is 1. The first-order valence-corrected chi connectivity index (χ1v) is 6.96. The molecule has 1 aromatic heterocycles. The molecule has 1 fully saturated rings. The molecular formula is C11H20BrN5O. The Hall–Kier alpha value is -0.500. The Morgan fingerprint density at radius 3 is 2.78 bits per heavy atom. The Morgan fingerprint density at radius 2 is 2.22 bits per heavy atom. The summed E-state index contributed by atoms with van der Waals surface area (Å²) in [4.78, 5) is 2.38. The summed E-state index contributed by atoms with van der Waals surface area (Å²) in [6, 6.07) is 0.289. The minimum absolute atomic E-state index is 0.0188. The van der Waals surface area contributed by atoms with Crippen LogP contribution >= 0.6 is 15.9 Å². The Labute approximate surface area is 116 Å². The van der Waals surface area contributed by atoms with E-state index in [1.54, 1.807) is 4.68 Å². The molecule has 102 valence electrons. The lowest BCUT2D eigenvalue weighted by Gasteiger charge is -2.37. The zero-order chi connectivity index (χ0) is 13.3. The summed E-state index contributed by atoms with van der Waals surface area (Å²) >= 11 is 3.38. The Balaban J connectivity index is 2.11. The molecule has 1 aromatic rings. The van der Waals surface area contributed by atoms with Crippen LogP contribution in [-0.4, -0.2) is 51.7 Å². The van der Waals surface area contributed by atoms with Gasteiger partial charge in [0.05, 0.1) is 24.4 Å². The molecule has 0 aliphatic carbocycles. The van der Waals surface area contributed by atoms with Crippen LogP contribution in [0.1, 0.15) is 25.6 Å². The van der Waals surface area contributed by atoms with Crippen LogP contribution in [0.15, 0.2) is 4.60 Å². The summed E-state index contributed by atoms with van der Waals surface area (Å²) < 4.78 is 8.20. The molecule has 1 aliphatic rings. The number of morpholine rings is 1. The largest absolute Gasteiger partial charge is 0.374 e. The average molecular weight is 318 g/mol. The third-order valence-electron chi connectivity index (χ3n) is 3.40. The number of nitrogens with two attached hydrogens (primary N) is 1. The summed E-state index contributed by atoms with van der Waals surface area (Å²) in [6.45, 7) is 6.91. The fourth-order valence-electron chi connectivity index (χ4n) is 2.25. The Bertz CT molecular complexity index is 389. The highest BCUT2D eigenvalue weighted by atomic mass is 79.9. The van der Waals surface area contributed by atoms with Gasteiger partial charge in [-0.25, -0.2) is 4.68 Å². The average Bonchev–Trinajstić information content (AvgIpc) is 2.68. The van der Waals surface area contributed by atoms with Gasteiger partial charge in [-0.1, -0.05) is 5.21 Å². The van der Waals surface area contributed by atoms with Gasteiger partial charge in [0.1, 0.15) is 0 Å². The van der Waals surface area contributed by atoms with Crippen LogP contribution in [0, 0.1) is 0 Å². The molecule has 0 aromatic carbocycles. The van der Waals surface area contributed by atoms with Crippen LogP contribution in [-0.2, 0) is 11.8 Å². The van der Waals surface area contributed by atoms with E-state index in [0.29, 0.717) is 10.6 Å². The quantitative estimate of drug-likeness (QED) is 0.888. The van der Waals surface area contributed by atoms with Gasteiger partial charge in [-0.3, -0.25) is 4.90 Å². The molecule has 0 amide bonds. The van der Waals surface area contributed by atoms with Crippen LogP contribution in [0.2, 0.25) is 0 Å². The van der Waals surface area contributed by atoms with E-state index in [0.717, 1.165) is 25.4 Å². The molecule has 2 atom stereocenters. The fourth-order valence-corrected chi connectivity index (χ4v) is 2.84. The summed E-state index contributed by atoms with van der Waals surface area (Å²) in [7, 11) is 1.84. The van der Waals surface area contributed by atoms with E-state index in [4.69, 9.17) is 10.5 Å². The van der Waals surface area contributed by atoms with Crippen LogP contribution in [0.25, 0.3) is 0 Å². The first-order chi connectivity index (χ1) is 8.50. The smallest absolute Gasteiger partial charge is 0.153 e. The van der Waals surface area contributed by atoms with E-state index in [1.807, 2.05) is 7.05 Å². The van der Waals surface area contributed by atoms with Crippen LogP contribution in [0.5, 0.6) is 0 Å². The van der Waals surface area contributed by atoms with Crippen molar-refractivity contribution in [1.82, 2.24) is 19.9 Å². The van der Waals surface area contributed by atoms with E-state index in [9.17, 15) is 0 Å². The van der Waals surface area contributed by atoms with Crippen molar-refractivity contribution < 1.29 is 4.74 Å². The Kier molecular flexibility index (Phi) is 4.37. The number of halogens is 1. The van der Waals surface area contributed by atoms with Crippen molar-refractivity contribution >= 4 is 15.9 Å². The molecule has 2 unspecified atom stereocenters. The van der Waals surface area contributed by atoms with Gasteiger partial charge in [0.25, 0.3) is 0 Å². The normalized spacial score (nSPS) is 23.6. The highest BCUT2D eigenvalue weighted by Gasteiger charge is 2.31. The zero-order valence-electron chi connectivity index (χ0n) is 11.0. The van der Waals surface area contributed by atoms with E-state index < -0.39 is 0 Å². The molecule has 2 N–H and O–H groups in total. The molecule has 0 saturated carbocycles. The number of rotatable bonds is 3. The van der Waals surface area contributed by atoms with Crippen LogP contribution in [0.3, 0.4) is 0 Å². The predicted octanol–water partition coefficient (Wildman–Crippen LogP) is 0.687. The number of aryl methyl sites for hydroxylation is 1. The first kappa shape index (κ1) is 13.9. The third-order valence-corrected chi connectivity index (χ3v) is 3.96. The summed E-state index contributed by atoms with van der Waals surface area (Å²) in [6.07, 6.45) is -0.0188. The van der Waals surface area contributed by atoms with E-state index in [1.165, 1.54) is 0 Å². The van der Waals surface area contributed by atoms with Gasteiger partial charge in [0.15, 0.2) is 4.60 Å². The number of nitrogens with zero attached hydrogens (tertiary/aromatic N) is 4. The molecule has 1 saturated heterocycles. The lowest BCUT2D eigenvalue weighted by Crippen LogP contribution is -2.49. The summed E-state index contributed by atoms with van der Waals surface area (Å²) in [5.74, 6) is 0. The van der Waals surface area contributed by atoms with Gasteiger partial charge in [-0.05, 0) is 29.8 Å². The second kappa shape index (κ2) is 5.64. The second-order valence-corrected chi connectivity index (χ2v) is 5.66. The maximum atomic E-state index is 6.30. The van der Waals surface area contributed by atoms with Crippen LogP contribution in [0.4, 0.5) is 0 Å². The monoisotopic (exact) mass is 317 g/mol. The number of ether oxygens (including phenoxy) is 1. The molecule has 2 heterocycles. The predicted molar refractivity (Wildman–Crippen MR) is 72.1 cm³/mol. The fraction of sp³-hybridized carbons (Fsp3) is 0.818. The van der Waals surface area contributed by atoms with E-state index in [2.05, 4.69) is 45.0 Å². The minimum atomic E-state index is -0.221. The zero-order valence-corrected chi connectivity index (χ0v) is 12.6. The minimum Gasteiger partial charge on any atom is -0.374 e. The van der Waals surface area contributed by atoms with Crippen molar-refractivity contribution in [3.63, 3.8) is 0 Å². The van der Waals surface area contributed by atoms with Gasteiger partial charge < -0.3 is 10.5 Å². The van der Waals surface area contributed by atoms with Crippen molar-refractivity contribution in [2.75, 3.05) is 19.7 Å². The van der Waals surface area contributed by atoms with Crippen molar-refractivity contribution in [2.24, 2.45) is 12.8 Å². The van der Waals surface area contributed by atoms with Crippen molar-refractivity contribution in [2.45, 2.75) is 32.0 Å². The lowest BCUT2D eigenvalue weighted by molar-refractivity contribution is -0.0513. The van der Waals surface area contributed by atoms with Gasteiger partial charge in [0.2, 0.25) is 0 Å². The maximum Gasteiger partial charge on any atom is 0.153 e. The van der Waals surface area contributed by atoms with Gasteiger partial charge >= 0.3 is 0 Å². The molecule has 18 heavy (non-hydrogen) atoms. The first-order valence-electron chi connectivity index (χ1n) is 6.17. The van der Waals surface area contributed by atoms with Gasteiger partial charge in [-0.15, -0.1) is 5.10 Å². The molecule has 2 rings (SSSR count). The topological polar surface area (TPSA) is 69.2 Å². The van der Waals surface area contributed by atoms with Gasteiger partial charge in [-0.2, -0.15) is 0 Å². The highest BCUT2D eigenvalue weighted by Crippen LogP contribution is 2.25. The van der Waals surface area contributed by atoms with E-state index in [-0.39, 0.29) is 12.1 Å². The maximum absolute atomic E-state index is 6.30. The molecule has 0 radical (unpaired) electrons. The second-order valence-electron chi connectivity index (χ2n) is 4.91. The highest BCUT2D eigenvalue weighted by molar-refractivity contribution is 9.10. The van der Waals surface area contributed by atoms with Crippen molar-refractivity contribution in [1.29, 1.82) is 0 Å². The number of aromatic nitrogens is 3. The standard InChI is InChI=1S/C11H20BrN5O/c1-7(2)17-4-5-18-8(6-17)9(13)10-11(12)14-15-16(10)3/h7-9H,4-6,13H2,1-3H3. The third kappa shape index (κ3) is 2.74. The summed E-state index contributed by atoms with van der Waals surface area (Å²) in [5.41, 5.74) is 7.18. The van der Waals surface area contributed by atoms with Crippen molar-refractivity contribution in [3.8, 4) is 0 Å². The molecular weight excluding hydrogens is 298 g/mol. The molecule has 0 spiro atoms. The van der Waals surface area contributed by atoms with E-state index >= 15 is 0 Å². The number of hydrogen-bond acceptors (Lipinski definition) is 5. The molecule has 7 heteroatoms. The molecule has 6 nitrogen and oxygen atoms in total. The van der Waals surface area contributed by atoms with Crippen LogP contribution < -0.4 is 5.73 Å². The molecule has 0 bridgehead atoms. The Morgan fingerprint density at radius 1 is 1.50 bits per heavy atom. The van der Waals surface area contributed by atoms with Gasteiger partial charge in [0, 0.05) is 26.2 Å². The molecule has 1 aliphatic heterocycles.